The number of amides is 1. The second-order valence-electron chi connectivity index (χ2n) is 7.22. The Kier molecular flexibility index (Phi) is 7.33. The Balaban J connectivity index is 2.85. The van der Waals surface area contributed by atoms with Gasteiger partial charge in [0, 0.05) is 59.3 Å². The quantitative estimate of drug-likeness (QED) is 0.382. The number of rotatable bonds is 7. The van der Waals surface area contributed by atoms with Crippen molar-refractivity contribution in [2.24, 2.45) is 5.41 Å². The van der Waals surface area contributed by atoms with Crippen molar-refractivity contribution < 1.29 is 23.9 Å². The van der Waals surface area contributed by atoms with Gasteiger partial charge in [-0.05, 0) is 27.2 Å². The van der Waals surface area contributed by atoms with Crippen LogP contribution in [0.5, 0.6) is 0 Å². The molecule has 6 nitrogen and oxygen atoms in total. The molecule has 0 aliphatic heterocycles. The van der Waals surface area contributed by atoms with E-state index in [1.165, 1.54) is 4.90 Å². The average Bonchev–Trinajstić information content (AvgIpc) is 2.54. The van der Waals surface area contributed by atoms with Crippen molar-refractivity contribution in [3.05, 3.63) is 22.3 Å². The van der Waals surface area contributed by atoms with E-state index in [1.54, 1.807) is 41.7 Å². The highest BCUT2D eigenvalue weighted by Gasteiger charge is 2.38. The third kappa shape index (κ3) is 5.04. The predicted molar refractivity (Wildman–Crippen MR) is 98.9 cm³/mol. The van der Waals surface area contributed by atoms with E-state index in [4.69, 9.17) is 11.6 Å². The van der Waals surface area contributed by atoms with Crippen molar-refractivity contribution >= 4 is 34.5 Å². The predicted octanol–water partition coefficient (Wildman–Crippen LogP) is 3.43. The zero-order valence-corrected chi connectivity index (χ0v) is 17.0. The first-order chi connectivity index (χ1) is 11.9. The Bertz CT molecular complexity index is 703. The summed E-state index contributed by atoms with van der Waals surface area (Å²) >= 11 is 5.08. The van der Waals surface area contributed by atoms with Gasteiger partial charge in [-0.1, -0.05) is 13.8 Å². The van der Waals surface area contributed by atoms with Crippen molar-refractivity contribution in [1.29, 1.82) is 0 Å². The lowest BCUT2D eigenvalue weighted by atomic mass is 9.71. The molecule has 0 atom stereocenters. The van der Waals surface area contributed by atoms with Crippen LogP contribution in [0.1, 0.15) is 47.5 Å². The first-order valence-corrected chi connectivity index (χ1v) is 8.82. The molecule has 144 valence electrons. The molecule has 0 radical (unpaired) electrons. The van der Waals surface area contributed by atoms with E-state index in [9.17, 15) is 19.2 Å². The molecule has 0 saturated carbocycles. The minimum absolute atomic E-state index is 0.0941. The minimum atomic E-state index is -0.873. The number of halogens is 1. The van der Waals surface area contributed by atoms with Gasteiger partial charge in [0.05, 0.1) is 6.61 Å². The number of nitrogens with zero attached hydrogens (tertiary/aromatic N) is 1. The highest BCUT2D eigenvalue weighted by atomic mass is 35.5. The molecule has 7 heteroatoms. The van der Waals surface area contributed by atoms with Gasteiger partial charge >= 0.3 is 5.43 Å². The van der Waals surface area contributed by atoms with Gasteiger partial charge in [0.2, 0.25) is 5.91 Å². The van der Waals surface area contributed by atoms with Gasteiger partial charge in [-0.15, -0.1) is 0 Å². The maximum absolute atomic E-state index is 12.7. The first-order valence-electron chi connectivity index (χ1n) is 8.44. The number of hydrogen-bond donors (Lipinski definition) is 0. The molecule has 0 aromatic heterocycles. The molecule has 0 bridgehead atoms. The fourth-order valence-corrected chi connectivity index (χ4v) is 3.17. The molecule has 1 aliphatic rings. The summed E-state index contributed by atoms with van der Waals surface area (Å²) in [6, 6.07) is 0. The summed E-state index contributed by atoms with van der Waals surface area (Å²) in [5.41, 5.74) is 0.0710. The Hall–Kier alpha value is -1.95. The van der Waals surface area contributed by atoms with Crippen LogP contribution in [0.2, 0.25) is 0 Å². The molecule has 1 amide bonds. The molecule has 26 heavy (non-hydrogen) atoms. The van der Waals surface area contributed by atoms with Crippen molar-refractivity contribution in [1.82, 2.24) is 4.90 Å². The van der Waals surface area contributed by atoms with E-state index in [0.717, 1.165) is 0 Å². The standard InChI is InChI=1S/C19H26ClNO5/c1-11-12(2)17(24)15(13(3)16(11)23)19(4,5)10-14(22)21(6)8-7-9-26-18(20)25/h7-10H2,1-6H3. The molecule has 0 saturated heterocycles. The molecule has 0 unspecified atom stereocenters. The van der Waals surface area contributed by atoms with Crippen molar-refractivity contribution in [2.75, 3.05) is 20.2 Å². The van der Waals surface area contributed by atoms with Gasteiger partial charge in [-0.3, -0.25) is 14.4 Å². The second-order valence-corrected chi connectivity index (χ2v) is 7.53. The molecule has 0 N–H and O–H groups in total. The van der Waals surface area contributed by atoms with E-state index in [1.807, 2.05) is 0 Å². The number of ketones is 2. The van der Waals surface area contributed by atoms with Gasteiger partial charge in [-0.2, -0.15) is 0 Å². The number of ether oxygens (including phenoxy) is 1. The normalized spacial score (nSPS) is 15.5. The lowest BCUT2D eigenvalue weighted by molar-refractivity contribution is -0.131. The monoisotopic (exact) mass is 383 g/mol. The SMILES string of the molecule is CC1=C(C)C(=O)C(C(C)(C)CC(=O)N(C)CCCOC(=O)Cl)=C(C)C1=O. The Morgan fingerprint density at radius 1 is 1.04 bits per heavy atom. The minimum Gasteiger partial charge on any atom is -0.454 e. The van der Waals surface area contributed by atoms with Crippen LogP contribution in [-0.2, 0) is 19.1 Å². The average molecular weight is 384 g/mol. The van der Waals surface area contributed by atoms with Gasteiger partial charge < -0.3 is 9.64 Å². The van der Waals surface area contributed by atoms with E-state index >= 15 is 0 Å². The number of allylic oxidation sites excluding steroid dienone is 4. The Labute approximate surface area is 159 Å². The zero-order chi connectivity index (χ0) is 20.2. The lowest BCUT2D eigenvalue weighted by Crippen LogP contribution is -2.36. The molecule has 0 heterocycles. The molecule has 1 rings (SSSR count). The van der Waals surface area contributed by atoms with Gasteiger partial charge in [-0.25, -0.2) is 4.79 Å². The Morgan fingerprint density at radius 2 is 1.58 bits per heavy atom. The summed E-state index contributed by atoms with van der Waals surface area (Å²) in [6.45, 7) is 9.05. The molecule has 0 spiro atoms. The summed E-state index contributed by atoms with van der Waals surface area (Å²) in [5.74, 6) is -0.473. The molecule has 0 aromatic rings. The van der Waals surface area contributed by atoms with Crippen LogP contribution >= 0.6 is 11.6 Å². The summed E-state index contributed by atoms with van der Waals surface area (Å²) in [4.78, 5) is 49.6. The van der Waals surface area contributed by atoms with E-state index in [-0.39, 0.29) is 30.5 Å². The van der Waals surface area contributed by atoms with Crippen molar-refractivity contribution in [3.63, 3.8) is 0 Å². The first kappa shape index (κ1) is 22.1. The van der Waals surface area contributed by atoms with E-state index in [2.05, 4.69) is 4.74 Å². The van der Waals surface area contributed by atoms with Crippen LogP contribution in [-0.4, -0.2) is 48.0 Å². The maximum atomic E-state index is 12.7. The third-order valence-corrected chi connectivity index (χ3v) is 4.84. The summed E-state index contributed by atoms with van der Waals surface area (Å²) < 4.78 is 4.62. The largest absolute Gasteiger partial charge is 0.454 e. The maximum Gasteiger partial charge on any atom is 0.403 e. The molecule has 0 fully saturated rings. The molecular formula is C19H26ClNO5. The fourth-order valence-electron chi connectivity index (χ4n) is 3.09. The fraction of sp³-hybridized carbons (Fsp3) is 0.579. The number of Topliss-reactive ketones (excluding diaryl/α,β-unsaturated/α-hetero) is 2. The van der Waals surface area contributed by atoms with Crippen LogP contribution < -0.4 is 0 Å². The van der Waals surface area contributed by atoms with Gasteiger partial charge in [0.1, 0.15) is 0 Å². The van der Waals surface area contributed by atoms with Crippen LogP contribution in [0.4, 0.5) is 4.79 Å². The number of hydrogen-bond acceptors (Lipinski definition) is 5. The number of carbonyl (C=O) groups is 4. The molecule has 1 aliphatic carbocycles. The van der Waals surface area contributed by atoms with Crippen LogP contribution in [0, 0.1) is 5.41 Å². The van der Waals surface area contributed by atoms with Crippen LogP contribution in [0.15, 0.2) is 22.3 Å². The lowest BCUT2D eigenvalue weighted by Gasteiger charge is -2.32. The van der Waals surface area contributed by atoms with E-state index < -0.39 is 10.8 Å². The Morgan fingerprint density at radius 3 is 2.12 bits per heavy atom. The second kappa shape index (κ2) is 8.62. The molecular weight excluding hydrogens is 358 g/mol. The van der Waals surface area contributed by atoms with Crippen LogP contribution in [0.25, 0.3) is 0 Å². The van der Waals surface area contributed by atoms with Crippen molar-refractivity contribution in [2.45, 2.75) is 47.5 Å². The van der Waals surface area contributed by atoms with Crippen LogP contribution in [0.3, 0.4) is 0 Å². The molecule has 0 aromatic carbocycles. The summed E-state index contributed by atoms with van der Waals surface area (Å²) in [5, 5.41) is 0. The van der Waals surface area contributed by atoms with Gasteiger partial charge in [0.25, 0.3) is 0 Å². The summed E-state index contributed by atoms with van der Waals surface area (Å²) in [7, 11) is 1.64. The van der Waals surface area contributed by atoms with Gasteiger partial charge in [0.15, 0.2) is 11.6 Å². The topological polar surface area (TPSA) is 80.8 Å². The van der Waals surface area contributed by atoms with E-state index in [0.29, 0.717) is 35.3 Å². The number of carbonyl (C=O) groups excluding carboxylic acids is 4. The summed E-state index contributed by atoms with van der Waals surface area (Å²) in [6.07, 6.45) is 0.554. The highest BCUT2D eigenvalue weighted by molar-refractivity contribution is 6.61. The zero-order valence-electron chi connectivity index (χ0n) is 16.2. The third-order valence-electron chi connectivity index (χ3n) is 4.74. The highest BCUT2D eigenvalue weighted by Crippen LogP contribution is 2.39. The smallest absolute Gasteiger partial charge is 0.403 e. The van der Waals surface area contributed by atoms with Crippen molar-refractivity contribution in [3.8, 4) is 0 Å².